The molecule has 1 aromatic carbocycles. The largest absolute Gasteiger partial charge is 0.366 e. The molecule has 1 aliphatic carbocycles. The summed E-state index contributed by atoms with van der Waals surface area (Å²) in [6.07, 6.45) is 5.05. The molecule has 2 nitrogen and oxygen atoms in total. The minimum absolute atomic E-state index is 0.00134. The zero-order valence-corrected chi connectivity index (χ0v) is 12.1. The minimum atomic E-state index is -0.0530. The zero-order valence-electron chi connectivity index (χ0n) is 12.1. The van der Waals surface area contributed by atoms with Gasteiger partial charge in [0, 0.05) is 19.0 Å². The second kappa shape index (κ2) is 4.92. The first-order valence-corrected chi connectivity index (χ1v) is 7.57. The average molecular weight is 259 g/mol. The summed E-state index contributed by atoms with van der Waals surface area (Å²) in [5.41, 5.74) is 1.39. The van der Waals surface area contributed by atoms with Crippen molar-refractivity contribution in [3.8, 4) is 0 Å². The predicted molar refractivity (Wildman–Crippen MR) is 78.4 cm³/mol. The molecule has 2 heteroatoms. The second-order valence-corrected chi connectivity index (χ2v) is 6.74. The summed E-state index contributed by atoms with van der Waals surface area (Å²) >= 11 is 0. The topological polar surface area (TPSA) is 21.3 Å². The average Bonchev–Trinajstić information content (AvgIpc) is 2.39. The van der Waals surface area contributed by atoms with Crippen LogP contribution in [0.4, 0.5) is 0 Å². The van der Waals surface area contributed by atoms with Gasteiger partial charge in [-0.3, -0.25) is 0 Å². The van der Waals surface area contributed by atoms with Gasteiger partial charge in [0.2, 0.25) is 0 Å². The molecule has 2 unspecified atom stereocenters. The lowest BCUT2D eigenvalue weighted by Gasteiger charge is -2.52. The van der Waals surface area contributed by atoms with Crippen LogP contribution in [0.15, 0.2) is 30.3 Å². The van der Waals surface area contributed by atoms with Gasteiger partial charge in [-0.25, -0.2) is 0 Å². The van der Waals surface area contributed by atoms with Crippen LogP contribution in [0.2, 0.25) is 0 Å². The van der Waals surface area contributed by atoms with Gasteiger partial charge in [0.25, 0.3) is 0 Å². The van der Waals surface area contributed by atoms with Gasteiger partial charge in [0.1, 0.15) is 0 Å². The number of nitrogens with one attached hydrogen (secondary N) is 1. The normalized spacial score (nSPS) is 34.3. The Bertz CT molecular complexity index is 424. The van der Waals surface area contributed by atoms with Crippen LogP contribution in [-0.2, 0) is 4.74 Å². The number of rotatable bonds is 1. The Morgan fingerprint density at radius 1 is 1.11 bits per heavy atom. The van der Waals surface area contributed by atoms with E-state index in [1.165, 1.54) is 31.2 Å². The molecule has 0 bridgehead atoms. The van der Waals surface area contributed by atoms with Gasteiger partial charge in [-0.1, -0.05) is 43.2 Å². The van der Waals surface area contributed by atoms with E-state index < -0.39 is 0 Å². The van der Waals surface area contributed by atoms with Crippen LogP contribution >= 0.6 is 0 Å². The first-order chi connectivity index (χ1) is 9.11. The Balaban J connectivity index is 1.92. The molecule has 2 atom stereocenters. The lowest BCUT2D eigenvalue weighted by atomic mass is 9.70. The van der Waals surface area contributed by atoms with Crippen molar-refractivity contribution in [3.63, 3.8) is 0 Å². The Morgan fingerprint density at radius 2 is 1.89 bits per heavy atom. The van der Waals surface area contributed by atoms with Crippen molar-refractivity contribution in [2.75, 3.05) is 13.1 Å². The Morgan fingerprint density at radius 3 is 2.63 bits per heavy atom. The summed E-state index contributed by atoms with van der Waals surface area (Å²) in [7, 11) is 0. The molecule has 1 N–H and O–H groups in total. The van der Waals surface area contributed by atoms with Gasteiger partial charge in [-0.2, -0.15) is 0 Å². The highest BCUT2D eigenvalue weighted by Crippen LogP contribution is 2.46. The van der Waals surface area contributed by atoms with Crippen LogP contribution in [0.1, 0.15) is 51.0 Å². The summed E-state index contributed by atoms with van der Waals surface area (Å²) in [5.74, 6) is 0.537. The van der Waals surface area contributed by atoms with E-state index >= 15 is 0 Å². The SMILES string of the molecule is CC1(C)CNCC2(CCCCC2c2ccccc2)O1. The van der Waals surface area contributed by atoms with E-state index in [1.807, 2.05) is 0 Å². The van der Waals surface area contributed by atoms with Gasteiger partial charge in [0.15, 0.2) is 0 Å². The van der Waals surface area contributed by atoms with E-state index in [1.54, 1.807) is 0 Å². The van der Waals surface area contributed by atoms with Crippen molar-refractivity contribution in [2.45, 2.75) is 56.7 Å². The van der Waals surface area contributed by atoms with Gasteiger partial charge in [0.05, 0.1) is 11.2 Å². The van der Waals surface area contributed by atoms with Crippen molar-refractivity contribution >= 4 is 0 Å². The standard InChI is InChI=1S/C17H25NO/c1-16(2)12-18-13-17(19-16)11-7-6-10-15(17)14-8-4-3-5-9-14/h3-5,8-9,15,18H,6-7,10-13H2,1-2H3. The molecule has 1 saturated carbocycles. The quantitative estimate of drug-likeness (QED) is 0.833. The van der Waals surface area contributed by atoms with Gasteiger partial charge in [-0.05, 0) is 32.3 Å². The number of hydrogen-bond acceptors (Lipinski definition) is 2. The Kier molecular flexibility index (Phi) is 3.40. The molecule has 2 aliphatic rings. The van der Waals surface area contributed by atoms with Crippen LogP contribution in [-0.4, -0.2) is 24.3 Å². The number of hydrogen-bond donors (Lipinski definition) is 1. The molecule has 0 amide bonds. The maximum Gasteiger partial charge on any atom is 0.0882 e. The lowest BCUT2D eigenvalue weighted by Crippen LogP contribution is -2.61. The number of morpholine rings is 1. The molecule has 104 valence electrons. The molecule has 19 heavy (non-hydrogen) atoms. The van der Waals surface area contributed by atoms with Crippen LogP contribution in [0.3, 0.4) is 0 Å². The third kappa shape index (κ3) is 2.56. The van der Waals surface area contributed by atoms with Crippen LogP contribution in [0.5, 0.6) is 0 Å². The van der Waals surface area contributed by atoms with Crippen molar-refractivity contribution in [3.05, 3.63) is 35.9 Å². The second-order valence-electron chi connectivity index (χ2n) is 6.74. The van der Waals surface area contributed by atoms with E-state index in [9.17, 15) is 0 Å². The van der Waals surface area contributed by atoms with Gasteiger partial charge < -0.3 is 10.1 Å². The zero-order chi connectivity index (χ0) is 13.3. The van der Waals surface area contributed by atoms with E-state index in [0.29, 0.717) is 5.92 Å². The van der Waals surface area contributed by atoms with Gasteiger partial charge in [-0.15, -0.1) is 0 Å². The van der Waals surface area contributed by atoms with E-state index in [-0.39, 0.29) is 11.2 Å². The van der Waals surface area contributed by atoms with E-state index in [4.69, 9.17) is 4.74 Å². The maximum absolute atomic E-state index is 6.61. The van der Waals surface area contributed by atoms with Crippen LogP contribution < -0.4 is 5.32 Å². The van der Waals surface area contributed by atoms with Crippen molar-refractivity contribution in [2.24, 2.45) is 0 Å². The van der Waals surface area contributed by atoms with Crippen LogP contribution in [0, 0.1) is 0 Å². The third-order valence-electron chi connectivity index (χ3n) is 4.63. The third-order valence-corrected chi connectivity index (χ3v) is 4.63. The van der Waals surface area contributed by atoms with Crippen LogP contribution in [0.25, 0.3) is 0 Å². The fraction of sp³-hybridized carbons (Fsp3) is 0.647. The highest BCUT2D eigenvalue weighted by molar-refractivity contribution is 5.25. The fourth-order valence-corrected chi connectivity index (χ4v) is 3.90. The molecule has 1 saturated heterocycles. The van der Waals surface area contributed by atoms with E-state index in [0.717, 1.165) is 13.1 Å². The first kappa shape index (κ1) is 13.1. The van der Waals surface area contributed by atoms with Crippen molar-refractivity contribution in [1.29, 1.82) is 0 Å². The van der Waals surface area contributed by atoms with Crippen molar-refractivity contribution in [1.82, 2.24) is 5.32 Å². The molecule has 1 heterocycles. The highest BCUT2D eigenvalue weighted by Gasteiger charge is 2.47. The molecule has 1 spiro atoms. The predicted octanol–water partition coefficient (Wildman–Crippen LogP) is 3.48. The lowest BCUT2D eigenvalue weighted by molar-refractivity contribution is -0.185. The molecule has 3 rings (SSSR count). The molecule has 1 aromatic rings. The molecular formula is C17H25NO. The molecule has 1 aliphatic heterocycles. The Hall–Kier alpha value is -0.860. The fourth-order valence-electron chi connectivity index (χ4n) is 3.90. The first-order valence-electron chi connectivity index (χ1n) is 7.57. The summed E-state index contributed by atoms with van der Waals surface area (Å²) in [5, 5.41) is 3.61. The number of ether oxygens (including phenoxy) is 1. The monoisotopic (exact) mass is 259 g/mol. The molecular weight excluding hydrogens is 234 g/mol. The van der Waals surface area contributed by atoms with E-state index in [2.05, 4.69) is 49.5 Å². The van der Waals surface area contributed by atoms with Crippen molar-refractivity contribution < 1.29 is 4.74 Å². The highest BCUT2D eigenvalue weighted by atomic mass is 16.5. The maximum atomic E-state index is 6.61. The summed E-state index contributed by atoms with van der Waals surface area (Å²) in [6, 6.07) is 10.9. The number of benzene rings is 1. The smallest absolute Gasteiger partial charge is 0.0882 e. The van der Waals surface area contributed by atoms with Gasteiger partial charge >= 0.3 is 0 Å². The Labute approximate surface area is 116 Å². The molecule has 0 aromatic heterocycles. The summed E-state index contributed by atoms with van der Waals surface area (Å²) in [4.78, 5) is 0. The molecule has 0 radical (unpaired) electrons. The minimum Gasteiger partial charge on any atom is -0.366 e. The summed E-state index contributed by atoms with van der Waals surface area (Å²) < 4.78 is 6.61. The molecule has 2 fully saturated rings. The summed E-state index contributed by atoms with van der Waals surface area (Å²) in [6.45, 7) is 6.36.